The molecule has 0 unspecified atom stereocenters. The van der Waals surface area contributed by atoms with E-state index in [2.05, 4.69) is 20.1 Å². The van der Waals surface area contributed by atoms with Crippen LogP contribution in [-0.4, -0.2) is 27.8 Å². The van der Waals surface area contributed by atoms with Crippen LogP contribution >= 0.6 is 0 Å². The van der Waals surface area contributed by atoms with Crippen LogP contribution in [0.15, 0.2) is 18.5 Å². The molecule has 0 atom stereocenters. The second-order valence-corrected chi connectivity index (χ2v) is 4.04. The Labute approximate surface area is 110 Å². The van der Waals surface area contributed by atoms with Crippen molar-refractivity contribution >= 4 is 23.2 Å². The Morgan fingerprint density at radius 1 is 1.53 bits per heavy atom. The first kappa shape index (κ1) is 12.9. The van der Waals surface area contributed by atoms with Gasteiger partial charge in [-0.1, -0.05) is 0 Å². The van der Waals surface area contributed by atoms with E-state index in [4.69, 9.17) is 5.73 Å². The molecule has 0 bridgehead atoms. The maximum Gasteiger partial charge on any atom is 0.340 e. The number of nitrogens with one attached hydrogen (secondary N) is 1. The average molecular weight is 261 g/mol. The first-order valence-electron chi connectivity index (χ1n) is 5.63. The van der Waals surface area contributed by atoms with E-state index in [1.165, 1.54) is 19.4 Å². The van der Waals surface area contributed by atoms with Crippen LogP contribution in [0.5, 0.6) is 0 Å². The lowest BCUT2D eigenvalue weighted by atomic mass is 10.2. The van der Waals surface area contributed by atoms with E-state index in [0.717, 1.165) is 11.4 Å². The number of ether oxygens (including phenoxy) is 1. The van der Waals surface area contributed by atoms with Crippen molar-refractivity contribution in [1.29, 1.82) is 0 Å². The number of nitrogens with two attached hydrogens (primary N) is 1. The molecule has 0 saturated heterocycles. The molecule has 19 heavy (non-hydrogen) atoms. The van der Waals surface area contributed by atoms with Gasteiger partial charge in [0, 0.05) is 19.4 Å². The third-order valence-electron chi connectivity index (χ3n) is 2.66. The summed E-state index contributed by atoms with van der Waals surface area (Å²) in [4.78, 5) is 15.7. The number of pyridine rings is 1. The van der Waals surface area contributed by atoms with Gasteiger partial charge in [-0.05, 0) is 13.0 Å². The minimum Gasteiger partial charge on any atom is -0.465 e. The number of hydrogen-bond acceptors (Lipinski definition) is 6. The second-order valence-electron chi connectivity index (χ2n) is 4.04. The number of hydrogen-bond donors (Lipinski definition) is 2. The third kappa shape index (κ3) is 2.49. The number of anilines is 3. The lowest BCUT2D eigenvalue weighted by Gasteiger charge is -2.09. The predicted octanol–water partition coefficient (Wildman–Crippen LogP) is 1.24. The molecule has 0 saturated carbocycles. The molecule has 2 aromatic rings. The zero-order valence-electron chi connectivity index (χ0n) is 11.0. The van der Waals surface area contributed by atoms with Crippen LogP contribution in [0.2, 0.25) is 0 Å². The highest BCUT2D eigenvalue weighted by Gasteiger charge is 2.15. The van der Waals surface area contributed by atoms with Crippen LogP contribution < -0.4 is 11.1 Å². The average Bonchev–Trinajstić information content (AvgIpc) is 2.69. The summed E-state index contributed by atoms with van der Waals surface area (Å²) in [7, 11) is 3.13. The fourth-order valence-electron chi connectivity index (χ4n) is 1.71. The van der Waals surface area contributed by atoms with Crippen molar-refractivity contribution in [1.82, 2.24) is 14.8 Å². The lowest BCUT2D eigenvalue weighted by Crippen LogP contribution is -2.09. The molecule has 2 aromatic heterocycles. The quantitative estimate of drug-likeness (QED) is 0.807. The Kier molecular flexibility index (Phi) is 3.37. The summed E-state index contributed by atoms with van der Waals surface area (Å²) in [6.45, 7) is 1.86. The maximum absolute atomic E-state index is 11.5. The molecule has 100 valence electrons. The SMILES string of the molecule is COC(=O)c1ccnc(Nc2cn(C)nc2C)c1N. The molecule has 0 amide bonds. The molecule has 0 aliphatic rings. The van der Waals surface area contributed by atoms with Crippen LogP contribution in [0.1, 0.15) is 16.1 Å². The molecule has 0 aliphatic heterocycles. The van der Waals surface area contributed by atoms with Gasteiger partial charge in [-0.2, -0.15) is 5.10 Å². The highest BCUT2D eigenvalue weighted by atomic mass is 16.5. The highest BCUT2D eigenvalue weighted by Crippen LogP contribution is 2.25. The zero-order valence-corrected chi connectivity index (χ0v) is 11.0. The number of esters is 1. The second kappa shape index (κ2) is 4.97. The van der Waals surface area contributed by atoms with Gasteiger partial charge in [0.1, 0.15) is 0 Å². The molecule has 0 radical (unpaired) electrons. The summed E-state index contributed by atoms with van der Waals surface area (Å²) >= 11 is 0. The van der Waals surface area contributed by atoms with Crippen molar-refractivity contribution in [2.24, 2.45) is 7.05 Å². The molecule has 0 aromatic carbocycles. The molecule has 7 nitrogen and oxygen atoms in total. The summed E-state index contributed by atoms with van der Waals surface area (Å²) < 4.78 is 6.34. The Morgan fingerprint density at radius 3 is 2.84 bits per heavy atom. The molecule has 2 heterocycles. The van der Waals surface area contributed by atoms with Crippen LogP contribution in [0.3, 0.4) is 0 Å². The van der Waals surface area contributed by atoms with Gasteiger partial charge < -0.3 is 15.8 Å². The maximum atomic E-state index is 11.5. The molecule has 0 spiro atoms. The largest absolute Gasteiger partial charge is 0.465 e. The van der Waals surface area contributed by atoms with Crippen LogP contribution in [0.25, 0.3) is 0 Å². The first-order chi connectivity index (χ1) is 9.02. The number of aryl methyl sites for hydroxylation is 2. The van der Waals surface area contributed by atoms with Crippen LogP contribution in [0.4, 0.5) is 17.2 Å². The van der Waals surface area contributed by atoms with Gasteiger partial charge in [0.15, 0.2) is 5.82 Å². The Balaban J connectivity index is 2.36. The van der Waals surface area contributed by atoms with E-state index in [9.17, 15) is 4.79 Å². The minimum atomic E-state index is -0.495. The van der Waals surface area contributed by atoms with Crippen molar-refractivity contribution < 1.29 is 9.53 Å². The molecule has 3 N–H and O–H groups in total. The predicted molar refractivity (Wildman–Crippen MR) is 71.2 cm³/mol. The Morgan fingerprint density at radius 2 is 2.26 bits per heavy atom. The molecule has 7 heteroatoms. The highest BCUT2D eigenvalue weighted by molar-refractivity contribution is 5.97. The number of nitrogen functional groups attached to an aromatic ring is 1. The molecular formula is C12H15N5O2. The Bertz CT molecular complexity index is 621. The van der Waals surface area contributed by atoms with E-state index < -0.39 is 5.97 Å². The van der Waals surface area contributed by atoms with Gasteiger partial charge in [-0.3, -0.25) is 4.68 Å². The van der Waals surface area contributed by atoms with E-state index >= 15 is 0 Å². The standard InChI is InChI=1S/C12H15N5O2/c1-7-9(6-17(2)16-7)15-11-10(13)8(4-5-14-11)12(18)19-3/h4-6H,13H2,1-3H3,(H,14,15). The minimum absolute atomic E-state index is 0.248. The van der Waals surface area contributed by atoms with Crippen molar-refractivity contribution in [3.63, 3.8) is 0 Å². The molecular weight excluding hydrogens is 246 g/mol. The molecule has 0 fully saturated rings. The fraction of sp³-hybridized carbons (Fsp3) is 0.250. The zero-order chi connectivity index (χ0) is 14.0. The number of carbonyl (C=O) groups is 1. The normalized spacial score (nSPS) is 10.3. The molecule has 0 aliphatic carbocycles. The summed E-state index contributed by atoms with van der Waals surface area (Å²) in [5, 5.41) is 7.26. The van der Waals surface area contributed by atoms with E-state index in [1.807, 2.05) is 14.0 Å². The summed E-state index contributed by atoms with van der Waals surface area (Å²) in [5.41, 5.74) is 8.03. The van der Waals surface area contributed by atoms with Gasteiger partial charge in [-0.15, -0.1) is 0 Å². The fourth-order valence-corrected chi connectivity index (χ4v) is 1.71. The van der Waals surface area contributed by atoms with Crippen molar-refractivity contribution in [2.75, 3.05) is 18.2 Å². The molecule has 2 rings (SSSR count). The third-order valence-corrected chi connectivity index (χ3v) is 2.66. The number of nitrogens with zero attached hydrogens (tertiary/aromatic N) is 3. The van der Waals surface area contributed by atoms with Crippen molar-refractivity contribution in [3.05, 3.63) is 29.7 Å². The van der Waals surface area contributed by atoms with Gasteiger partial charge in [0.25, 0.3) is 0 Å². The van der Waals surface area contributed by atoms with Gasteiger partial charge in [0.2, 0.25) is 0 Å². The summed E-state index contributed by atoms with van der Waals surface area (Å²) in [6.07, 6.45) is 3.30. The summed E-state index contributed by atoms with van der Waals surface area (Å²) in [6, 6.07) is 1.52. The van der Waals surface area contributed by atoms with Crippen molar-refractivity contribution in [2.45, 2.75) is 6.92 Å². The summed E-state index contributed by atoms with van der Waals surface area (Å²) in [5.74, 6) is -0.0927. The lowest BCUT2D eigenvalue weighted by molar-refractivity contribution is 0.0602. The van der Waals surface area contributed by atoms with Gasteiger partial charge in [-0.25, -0.2) is 9.78 Å². The topological polar surface area (TPSA) is 95.1 Å². The first-order valence-corrected chi connectivity index (χ1v) is 5.63. The number of carbonyl (C=O) groups excluding carboxylic acids is 1. The van der Waals surface area contributed by atoms with Crippen LogP contribution in [0, 0.1) is 6.92 Å². The van der Waals surface area contributed by atoms with Gasteiger partial charge >= 0.3 is 5.97 Å². The number of aromatic nitrogens is 3. The Hall–Kier alpha value is -2.57. The number of methoxy groups -OCH3 is 1. The van der Waals surface area contributed by atoms with Crippen molar-refractivity contribution in [3.8, 4) is 0 Å². The van der Waals surface area contributed by atoms with E-state index in [0.29, 0.717) is 5.82 Å². The van der Waals surface area contributed by atoms with Crippen LogP contribution in [-0.2, 0) is 11.8 Å². The van der Waals surface area contributed by atoms with E-state index in [-0.39, 0.29) is 11.3 Å². The monoisotopic (exact) mass is 261 g/mol. The number of rotatable bonds is 3. The smallest absolute Gasteiger partial charge is 0.340 e. The van der Waals surface area contributed by atoms with Gasteiger partial charge in [0.05, 0.1) is 29.7 Å². The van der Waals surface area contributed by atoms with E-state index in [1.54, 1.807) is 10.9 Å².